The highest BCUT2D eigenvalue weighted by Gasteiger charge is 2.33. The number of carbonyl (C=O) groups excluding carboxylic acids is 1. The molecular weight excluding hydrogens is 574 g/mol. The zero-order chi connectivity index (χ0) is 30.5. The van der Waals surface area contributed by atoms with E-state index < -0.39 is 21.8 Å². The number of aryl methyl sites for hydroxylation is 2. The van der Waals surface area contributed by atoms with Crippen molar-refractivity contribution < 1.29 is 26.2 Å². The van der Waals surface area contributed by atoms with Crippen LogP contribution in [0.5, 0.6) is 0 Å². The van der Waals surface area contributed by atoms with Crippen molar-refractivity contribution in [3.05, 3.63) is 107 Å². The molecule has 5 aromatic rings. The summed E-state index contributed by atoms with van der Waals surface area (Å²) in [6.07, 6.45) is 2.33. The summed E-state index contributed by atoms with van der Waals surface area (Å²) in [5.74, 6) is -1.46. The number of fused-ring (bicyclic) bond motifs is 2. The highest BCUT2D eigenvalue weighted by molar-refractivity contribution is 7.86. The molecule has 43 heavy (non-hydrogen) atoms. The summed E-state index contributed by atoms with van der Waals surface area (Å²) in [5, 5.41) is 5.47. The molecule has 0 saturated carbocycles. The van der Waals surface area contributed by atoms with Gasteiger partial charge >= 0.3 is 0 Å². The van der Waals surface area contributed by atoms with Crippen LogP contribution in [0.15, 0.2) is 77.8 Å². The minimum absolute atomic E-state index is 0.0391. The summed E-state index contributed by atoms with van der Waals surface area (Å²) in [4.78, 5) is 15.5. The lowest BCUT2D eigenvalue weighted by Gasteiger charge is -2.33. The molecule has 0 N–H and O–H groups in total. The zero-order valence-corrected chi connectivity index (χ0v) is 24.7. The fourth-order valence-corrected chi connectivity index (χ4v) is 6.69. The molecule has 1 aliphatic heterocycles. The maximum absolute atomic E-state index is 14.0. The van der Waals surface area contributed by atoms with E-state index in [-0.39, 0.29) is 23.5 Å². The van der Waals surface area contributed by atoms with Crippen LogP contribution in [0.2, 0.25) is 0 Å². The number of hydrogen-bond donors (Lipinski definition) is 0. The second-order valence-corrected chi connectivity index (χ2v) is 12.4. The van der Waals surface area contributed by atoms with E-state index in [4.69, 9.17) is 4.18 Å². The highest BCUT2D eigenvalue weighted by atomic mass is 32.2. The Hall–Kier alpha value is -4.35. The summed E-state index contributed by atoms with van der Waals surface area (Å²) < 4.78 is 61.7. The Morgan fingerprint density at radius 1 is 1.02 bits per heavy atom. The quantitative estimate of drug-likeness (QED) is 0.220. The van der Waals surface area contributed by atoms with Gasteiger partial charge in [-0.3, -0.25) is 13.7 Å². The van der Waals surface area contributed by atoms with Crippen LogP contribution in [0.1, 0.15) is 40.1 Å². The molecule has 0 saturated heterocycles. The van der Waals surface area contributed by atoms with Crippen molar-refractivity contribution in [3.8, 4) is 11.3 Å². The summed E-state index contributed by atoms with van der Waals surface area (Å²) in [6, 6.07) is 16.9. The normalized spacial score (nSPS) is 15.2. The summed E-state index contributed by atoms with van der Waals surface area (Å²) in [5.41, 5.74) is 4.96. The number of carbonyl (C=O) groups is 1. The molecule has 11 heteroatoms. The third kappa shape index (κ3) is 5.46. The van der Waals surface area contributed by atoms with Gasteiger partial charge in [-0.15, -0.1) is 0 Å². The Kier molecular flexibility index (Phi) is 7.39. The lowest BCUT2D eigenvalue weighted by Crippen LogP contribution is -2.38. The largest absolute Gasteiger partial charge is 0.345 e. The smallest absolute Gasteiger partial charge is 0.297 e. The molecule has 222 valence electrons. The first-order valence-electron chi connectivity index (χ1n) is 13.9. The van der Waals surface area contributed by atoms with Crippen LogP contribution in [-0.4, -0.2) is 46.7 Å². The van der Waals surface area contributed by atoms with E-state index in [1.807, 2.05) is 42.8 Å². The van der Waals surface area contributed by atoms with Gasteiger partial charge in [0, 0.05) is 60.0 Å². The van der Waals surface area contributed by atoms with Crippen molar-refractivity contribution in [1.29, 1.82) is 0 Å². The monoisotopic (exact) mass is 604 g/mol. The van der Waals surface area contributed by atoms with Crippen molar-refractivity contribution in [2.45, 2.75) is 37.8 Å². The fourth-order valence-electron chi connectivity index (χ4n) is 5.79. The second kappa shape index (κ2) is 11.1. The van der Waals surface area contributed by atoms with Gasteiger partial charge in [0.15, 0.2) is 0 Å². The average molecular weight is 605 g/mol. The van der Waals surface area contributed by atoms with E-state index in [1.54, 1.807) is 34.8 Å². The van der Waals surface area contributed by atoms with Gasteiger partial charge in [0.1, 0.15) is 11.6 Å². The molecule has 0 aliphatic carbocycles. The van der Waals surface area contributed by atoms with Crippen LogP contribution >= 0.6 is 0 Å². The van der Waals surface area contributed by atoms with E-state index in [9.17, 15) is 22.0 Å². The number of amides is 1. The summed E-state index contributed by atoms with van der Waals surface area (Å²) >= 11 is 0. The van der Waals surface area contributed by atoms with Crippen LogP contribution in [0.25, 0.3) is 22.2 Å². The van der Waals surface area contributed by atoms with E-state index >= 15 is 0 Å². The number of benzene rings is 3. The number of halogens is 2. The van der Waals surface area contributed by atoms with Crippen LogP contribution in [0.4, 0.5) is 8.78 Å². The van der Waals surface area contributed by atoms with Gasteiger partial charge in [-0.1, -0.05) is 17.7 Å². The van der Waals surface area contributed by atoms with Crippen molar-refractivity contribution >= 4 is 26.9 Å². The molecule has 1 aliphatic rings. The Morgan fingerprint density at radius 3 is 2.47 bits per heavy atom. The first-order chi connectivity index (χ1) is 20.5. The van der Waals surface area contributed by atoms with Gasteiger partial charge < -0.3 is 9.47 Å². The van der Waals surface area contributed by atoms with Crippen LogP contribution in [0, 0.1) is 18.6 Å². The number of aromatic nitrogens is 3. The van der Waals surface area contributed by atoms with E-state index in [1.165, 1.54) is 24.3 Å². The van der Waals surface area contributed by atoms with E-state index in [0.29, 0.717) is 42.0 Å². The number of nitrogens with zero attached hydrogens (tertiary/aromatic N) is 4. The third-order valence-electron chi connectivity index (χ3n) is 7.94. The highest BCUT2D eigenvalue weighted by Crippen LogP contribution is 2.36. The van der Waals surface area contributed by atoms with Gasteiger partial charge in [0.25, 0.3) is 16.0 Å². The van der Waals surface area contributed by atoms with Crippen molar-refractivity contribution in [1.82, 2.24) is 19.2 Å². The lowest BCUT2D eigenvalue weighted by molar-refractivity contribution is 0.0674. The first kappa shape index (κ1) is 28.8. The maximum Gasteiger partial charge on any atom is 0.297 e. The molecule has 0 bridgehead atoms. The van der Waals surface area contributed by atoms with Gasteiger partial charge in [-0.05, 0) is 68.8 Å². The van der Waals surface area contributed by atoms with E-state index in [0.717, 1.165) is 28.1 Å². The van der Waals surface area contributed by atoms with Crippen LogP contribution < -0.4 is 0 Å². The molecule has 0 spiro atoms. The molecule has 1 amide bonds. The van der Waals surface area contributed by atoms with Gasteiger partial charge in [0.05, 0.1) is 28.9 Å². The Balaban J connectivity index is 1.17. The molecule has 0 unspecified atom stereocenters. The topological polar surface area (TPSA) is 86.4 Å². The minimum atomic E-state index is -3.86. The van der Waals surface area contributed by atoms with Gasteiger partial charge in [-0.2, -0.15) is 13.5 Å². The Bertz CT molecular complexity index is 1950. The standard InChI is InChI=1S/C32H30F2N4O4S/c1-20-4-7-27(8-5-20)43(40,41)42-15-14-37-12-10-22-16-23(6-9-29(22)37)32(39)38-13-11-28-30(21(38)2)35-36(3)31(28)24-17-25(33)19-26(34)18-24/h4-10,12,16-19,21H,11,13-15H2,1-3H3/t21-/m0/s1. The molecule has 0 fully saturated rings. The summed E-state index contributed by atoms with van der Waals surface area (Å²) in [6.45, 7) is 4.48. The predicted molar refractivity (Wildman–Crippen MR) is 158 cm³/mol. The van der Waals surface area contributed by atoms with Crippen molar-refractivity contribution in [2.75, 3.05) is 13.2 Å². The van der Waals surface area contributed by atoms with Crippen LogP contribution in [0.3, 0.4) is 0 Å². The molecule has 6 rings (SSSR count). The Labute approximate surface area is 248 Å². The van der Waals surface area contributed by atoms with E-state index in [2.05, 4.69) is 5.10 Å². The average Bonchev–Trinajstić information content (AvgIpc) is 3.52. The van der Waals surface area contributed by atoms with Crippen LogP contribution in [-0.2, 0) is 34.3 Å². The predicted octanol–water partition coefficient (Wildman–Crippen LogP) is 5.79. The molecule has 1 atom stereocenters. The van der Waals surface area contributed by atoms with Crippen molar-refractivity contribution in [3.63, 3.8) is 0 Å². The molecule has 3 heterocycles. The molecule has 8 nitrogen and oxygen atoms in total. The summed E-state index contributed by atoms with van der Waals surface area (Å²) in [7, 11) is -2.13. The molecule has 3 aromatic carbocycles. The first-order valence-corrected chi connectivity index (χ1v) is 15.3. The van der Waals surface area contributed by atoms with Gasteiger partial charge in [-0.25, -0.2) is 8.78 Å². The lowest BCUT2D eigenvalue weighted by atomic mass is 9.95. The molecular formula is C32H30F2N4O4S. The zero-order valence-electron chi connectivity index (χ0n) is 23.9. The molecule has 2 aromatic heterocycles. The number of rotatable bonds is 7. The fraction of sp³-hybridized carbons (Fsp3) is 0.250. The Morgan fingerprint density at radius 2 is 1.74 bits per heavy atom. The number of hydrogen-bond acceptors (Lipinski definition) is 5. The van der Waals surface area contributed by atoms with Crippen molar-refractivity contribution in [2.24, 2.45) is 7.05 Å². The minimum Gasteiger partial charge on any atom is -0.345 e. The third-order valence-corrected chi connectivity index (χ3v) is 9.26. The van der Waals surface area contributed by atoms with Gasteiger partial charge in [0.2, 0.25) is 0 Å². The SMILES string of the molecule is Cc1ccc(S(=O)(=O)OCCn2ccc3cc(C(=O)N4CCc5c(nn(C)c5-c5cc(F)cc(F)c5)[C@@H]4C)ccc32)cc1. The second-order valence-electron chi connectivity index (χ2n) is 10.8. The molecule has 0 radical (unpaired) electrons. The maximum atomic E-state index is 14.0.